The Morgan fingerprint density at radius 3 is 1.95 bits per heavy atom. The minimum absolute atomic E-state index is 0.0636. The van der Waals surface area contributed by atoms with E-state index in [1.54, 1.807) is 13.8 Å². The number of hydrogen-bond acceptors (Lipinski definition) is 5. The van der Waals surface area contributed by atoms with Gasteiger partial charge in [-0.1, -0.05) is 26.0 Å². The summed E-state index contributed by atoms with van der Waals surface area (Å²) >= 11 is 0. The van der Waals surface area contributed by atoms with Crippen molar-refractivity contribution in [3.05, 3.63) is 90.0 Å². The number of amides is 2. The zero-order valence-electron chi connectivity index (χ0n) is 24.2. The Kier molecular flexibility index (Phi) is 11.4. The van der Waals surface area contributed by atoms with Gasteiger partial charge in [0.1, 0.15) is 30.0 Å². The van der Waals surface area contributed by atoms with Crippen LogP contribution in [0, 0.1) is 11.6 Å². The van der Waals surface area contributed by atoms with Gasteiger partial charge in [-0.15, -0.1) is 0 Å². The molecule has 0 aliphatic rings. The SMILES string of the molecule is CCOc1ccc(S(=O)(=O)N(CC(=O)N(Cc2ccc(F)cc2)[C@H](CC)C(=O)N[C@@H](C)CC)c2ccc(F)cc2)cc1. The number of anilines is 1. The molecule has 0 radical (unpaired) electrons. The Morgan fingerprint density at radius 1 is 0.857 bits per heavy atom. The van der Waals surface area contributed by atoms with Gasteiger partial charge in [-0.2, -0.15) is 0 Å². The average Bonchev–Trinajstić information content (AvgIpc) is 2.97. The molecule has 1 N–H and O–H groups in total. The van der Waals surface area contributed by atoms with Crippen LogP contribution in [0.3, 0.4) is 0 Å². The monoisotopic (exact) mass is 601 g/mol. The Labute approximate surface area is 246 Å². The summed E-state index contributed by atoms with van der Waals surface area (Å²) in [5.41, 5.74) is 0.625. The van der Waals surface area contributed by atoms with Gasteiger partial charge in [0.25, 0.3) is 10.0 Å². The molecule has 0 aromatic heterocycles. The van der Waals surface area contributed by atoms with Crippen molar-refractivity contribution >= 4 is 27.5 Å². The third kappa shape index (κ3) is 8.28. The number of nitrogens with one attached hydrogen (secondary N) is 1. The molecule has 3 rings (SSSR count). The summed E-state index contributed by atoms with van der Waals surface area (Å²) in [4.78, 5) is 28.5. The number of hydrogen-bond donors (Lipinski definition) is 1. The summed E-state index contributed by atoms with van der Waals surface area (Å²) in [6, 6.07) is 14.9. The van der Waals surface area contributed by atoms with Crippen LogP contribution in [0.25, 0.3) is 0 Å². The molecule has 3 aromatic carbocycles. The summed E-state index contributed by atoms with van der Waals surface area (Å²) in [5, 5.41) is 2.90. The molecule has 0 fully saturated rings. The standard InChI is InChI=1S/C31H37F2N3O5S/c1-5-22(4)34-31(38)29(6-2)35(20-23-8-10-24(32)11-9-23)30(37)21-36(26-14-12-25(33)13-15-26)42(39,40)28-18-16-27(17-19-28)41-7-3/h8-19,22,29H,5-7,20-21H2,1-4H3,(H,34,38)/t22-,29+/m0/s1. The van der Waals surface area contributed by atoms with E-state index in [0.29, 0.717) is 24.3 Å². The summed E-state index contributed by atoms with van der Waals surface area (Å²) in [5.74, 6) is -1.60. The van der Waals surface area contributed by atoms with Crippen molar-refractivity contribution in [1.29, 1.82) is 0 Å². The Hall–Kier alpha value is -3.99. The molecule has 0 unspecified atom stereocenters. The van der Waals surface area contributed by atoms with Gasteiger partial charge in [-0.25, -0.2) is 17.2 Å². The zero-order chi connectivity index (χ0) is 30.9. The smallest absolute Gasteiger partial charge is 0.264 e. The van der Waals surface area contributed by atoms with Crippen LogP contribution in [0.15, 0.2) is 77.7 Å². The van der Waals surface area contributed by atoms with Crippen molar-refractivity contribution in [2.75, 3.05) is 17.5 Å². The van der Waals surface area contributed by atoms with Crippen LogP contribution in [-0.2, 0) is 26.2 Å². The number of sulfonamides is 1. The number of rotatable bonds is 14. The van der Waals surface area contributed by atoms with Crippen LogP contribution in [0.4, 0.5) is 14.5 Å². The number of halogens is 2. The zero-order valence-corrected chi connectivity index (χ0v) is 25.0. The lowest BCUT2D eigenvalue weighted by molar-refractivity contribution is -0.140. The van der Waals surface area contributed by atoms with Gasteiger partial charge in [-0.05, 0) is 92.9 Å². The Bertz CT molecular complexity index is 1430. The molecular formula is C31H37F2N3O5S. The molecular weight excluding hydrogens is 564 g/mol. The maximum atomic E-state index is 14.0. The van der Waals surface area contributed by atoms with Crippen LogP contribution in [-0.4, -0.2) is 50.4 Å². The van der Waals surface area contributed by atoms with Crippen LogP contribution in [0.1, 0.15) is 46.1 Å². The molecule has 2 atom stereocenters. The Balaban J connectivity index is 2.04. The van der Waals surface area contributed by atoms with Gasteiger partial charge in [0.05, 0.1) is 17.2 Å². The van der Waals surface area contributed by atoms with Crippen LogP contribution < -0.4 is 14.4 Å². The van der Waals surface area contributed by atoms with Crippen molar-refractivity contribution in [3.8, 4) is 5.75 Å². The fraction of sp³-hybridized carbons (Fsp3) is 0.355. The molecule has 0 aliphatic carbocycles. The molecule has 0 heterocycles. The highest BCUT2D eigenvalue weighted by molar-refractivity contribution is 7.92. The average molecular weight is 602 g/mol. The van der Waals surface area contributed by atoms with E-state index in [1.807, 2.05) is 13.8 Å². The van der Waals surface area contributed by atoms with Crippen molar-refractivity contribution in [1.82, 2.24) is 10.2 Å². The number of carbonyl (C=O) groups excluding carboxylic acids is 2. The normalized spacial score (nSPS) is 12.7. The molecule has 0 aliphatic heterocycles. The van der Waals surface area contributed by atoms with Gasteiger partial charge in [0.2, 0.25) is 11.8 Å². The van der Waals surface area contributed by atoms with Crippen LogP contribution >= 0.6 is 0 Å². The number of carbonyl (C=O) groups is 2. The van der Waals surface area contributed by atoms with Crippen molar-refractivity contribution in [2.45, 2.75) is 64.1 Å². The lowest BCUT2D eigenvalue weighted by atomic mass is 10.1. The van der Waals surface area contributed by atoms with E-state index in [-0.39, 0.29) is 35.5 Å². The highest BCUT2D eigenvalue weighted by Gasteiger charge is 2.34. The van der Waals surface area contributed by atoms with E-state index in [9.17, 15) is 26.8 Å². The van der Waals surface area contributed by atoms with E-state index in [4.69, 9.17) is 4.74 Å². The highest BCUT2D eigenvalue weighted by Crippen LogP contribution is 2.26. The van der Waals surface area contributed by atoms with Gasteiger partial charge in [-0.3, -0.25) is 13.9 Å². The van der Waals surface area contributed by atoms with Gasteiger partial charge in [0.15, 0.2) is 0 Å². The Morgan fingerprint density at radius 2 is 1.43 bits per heavy atom. The molecule has 0 spiro atoms. The lowest BCUT2D eigenvalue weighted by Crippen LogP contribution is -2.53. The summed E-state index contributed by atoms with van der Waals surface area (Å²) in [7, 11) is -4.32. The molecule has 0 saturated carbocycles. The first-order chi connectivity index (χ1) is 20.0. The molecule has 3 aromatic rings. The summed E-state index contributed by atoms with van der Waals surface area (Å²) in [6.07, 6.45) is 0.921. The largest absolute Gasteiger partial charge is 0.494 e. The van der Waals surface area contributed by atoms with Crippen LogP contribution in [0.2, 0.25) is 0 Å². The third-order valence-electron chi connectivity index (χ3n) is 6.77. The van der Waals surface area contributed by atoms with E-state index in [0.717, 1.165) is 16.4 Å². The van der Waals surface area contributed by atoms with E-state index in [1.165, 1.54) is 65.6 Å². The third-order valence-corrected chi connectivity index (χ3v) is 8.56. The number of ether oxygens (including phenoxy) is 1. The second kappa shape index (κ2) is 14.8. The van der Waals surface area contributed by atoms with Crippen LogP contribution in [0.5, 0.6) is 5.75 Å². The maximum absolute atomic E-state index is 14.0. The topological polar surface area (TPSA) is 96.0 Å². The maximum Gasteiger partial charge on any atom is 0.264 e. The number of benzene rings is 3. The minimum atomic E-state index is -4.32. The molecule has 0 bridgehead atoms. The van der Waals surface area contributed by atoms with E-state index in [2.05, 4.69) is 5.32 Å². The quantitative estimate of drug-likeness (QED) is 0.271. The molecule has 11 heteroatoms. The molecule has 226 valence electrons. The number of nitrogens with zero attached hydrogens (tertiary/aromatic N) is 2. The van der Waals surface area contributed by atoms with E-state index >= 15 is 0 Å². The fourth-order valence-electron chi connectivity index (χ4n) is 4.28. The van der Waals surface area contributed by atoms with Crippen molar-refractivity contribution in [3.63, 3.8) is 0 Å². The van der Waals surface area contributed by atoms with Crippen molar-refractivity contribution in [2.24, 2.45) is 0 Å². The van der Waals surface area contributed by atoms with Gasteiger partial charge in [0, 0.05) is 12.6 Å². The predicted molar refractivity (Wildman–Crippen MR) is 157 cm³/mol. The fourth-order valence-corrected chi connectivity index (χ4v) is 5.70. The first-order valence-corrected chi connectivity index (χ1v) is 15.3. The second-order valence-corrected chi connectivity index (χ2v) is 11.6. The summed E-state index contributed by atoms with van der Waals surface area (Å²) < 4.78 is 61.5. The van der Waals surface area contributed by atoms with Gasteiger partial charge < -0.3 is 15.0 Å². The van der Waals surface area contributed by atoms with Crippen molar-refractivity contribution < 1.29 is 31.5 Å². The summed E-state index contributed by atoms with van der Waals surface area (Å²) in [6.45, 7) is 6.98. The lowest BCUT2D eigenvalue weighted by Gasteiger charge is -2.33. The van der Waals surface area contributed by atoms with Gasteiger partial charge >= 0.3 is 0 Å². The molecule has 2 amide bonds. The highest BCUT2D eigenvalue weighted by atomic mass is 32.2. The molecule has 8 nitrogen and oxygen atoms in total. The first kappa shape index (κ1) is 32.5. The second-order valence-electron chi connectivity index (χ2n) is 9.78. The first-order valence-electron chi connectivity index (χ1n) is 13.9. The van der Waals surface area contributed by atoms with E-state index < -0.39 is 40.2 Å². The molecule has 42 heavy (non-hydrogen) atoms. The minimum Gasteiger partial charge on any atom is -0.494 e. The predicted octanol–water partition coefficient (Wildman–Crippen LogP) is 5.28. The molecule has 0 saturated heterocycles.